The highest BCUT2D eigenvalue weighted by molar-refractivity contribution is 9.10. The maximum atomic E-state index is 6.78. The molecule has 2 aliphatic carbocycles. The van der Waals surface area contributed by atoms with Gasteiger partial charge in [0.2, 0.25) is 0 Å². The van der Waals surface area contributed by atoms with Crippen LogP contribution >= 0.6 is 31.9 Å². The van der Waals surface area contributed by atoms with Crippen molar-refractivity contribution < 1.29 is 4.74 Å². The smallest absolute Gasteiger partial charge is 0.144 e. The first-order chi connectivity index (χ1) is 22.5. The number of halogens is 2. The summed E-state index contributed by atoms with van der Waals surface area (Å²) in [6.07, 6.45) is 18.3. The zero-order chi connectivity index (χ0) is 32.1. The molecule has 0 N–H and O–H groups in total. The first-order valence-corrected chi connectivity index (χ1v) is 19.5. The van der Waals surface area contributed by atoms with Gasteiger partial charge in [-0.05, 0) is 76.1 Å². The zero-order valence-corrected chi connectivity index (χ0v) is 31.2. The molecule has 2 aliphatic rings. The molecule has 1 nitrogen and oxygen atoms in total. The number of benzene rings is 4. The molecule has 46 heavy (non-hydrogen) atoms. The standard InChI is InChI=1S/C43H50Br2O/c1-4-6-8-10-12-16-26-42(27-17-13-11-9-7-5-2)38-19-15-14-18-34(38)35-23-20-31(28-39(35)42)43(46-3)40-29-32(44)21-24-36(40)37-25-22-33(45)30-41(37)43/h14-15,18-25,28-30H,4-13,16-17,26-27H2,1-3H3. The fourth-order valence-electron chi connectivity index (χ4n) is 8.63. The molecule has 0 fully saturated rings. The minimum Gasteiger partial charge on any atom is -0.364 e. The second-order valence-electron chi connectivity index (χ2n) is 13.7. The van der Waals surface area contributed by atoms with E-state index in [1.807, 2.05) is 7.11 Å². The van der Waals surface area contributed by atoms with Gasteiger partial charge in [0, 0.05) is 32.6 Å². The average Bonchev–Trinajstić information content (AvgIpc) is 3.50. The van der Waals surface area contributed by atoms with Crippen molar-refractivity contribution in [3.63, 3.8) is 0 Å². The molecule has 0 amide bonds. The maximum absolute atomic E-state index is 6.78. The van der Waals surface area contributed by atoms with E-state index in [1.54, 1.807) is 5.56 Å². The van der Waals surface area contributed by atoms with Crippen molar-refractivity contribution in [2.45, 2.75) is 115 Å². The van der Waals surface area contributed by atoms with E-state index in [-0.39, 0.29) is 5.41 Å². The summed E-state index contributed by atoms with van der Waals surface area (Å²) in [6.45, 7) is 4.62. The number of fused-ring (bicyclic) bond motifs is 6. The molecule has 0 saturated carbocycles. The lowest BCUT2D eigenvalue weighted by Crippen LogP contribution is -2.31. The molecule has 0 saturated heterocycles. The Morgan fingerprint density at radius 3 is 1.54 bits per heavy atom. The van der Waals surface area contributed by atoms with E-state index in [9.17, 15) is 0 Å². The second-order valence-corrected chi connectivity index (χ2v) is 15.5. The SMILES string of the molecule is CCCCCCCCC1(CCCCCCCC)c2ccccc2-c2ccc(C3(OC)c4cc(Br)ccc4-c4ccc(Br)cc43)cc21. The second kappa shape index (κ2) is 14.9. The van der Waals surface area contributed by atoms with Gasteiger partial charge < -0.3 is 4.74 Å². The molecule has 0 atom stereocenters. The van der Waals surface area contributed by atoms with Gasteiger partial charge >= 0.3 is 0 Å². The van der Waals surface area contributed by atoms with Gasteiger partial charge in [-0.1, -0.05) is 177 Å². The Morgan fingerprint density at radius 1 is 0.500 bits per heavy atom. The highest BCUT2D eigenvalue weighted by atomic mass is 79.9. The third-order valence-corrected chi connectivity index (χ3v) is 11.9. The molecule has 4 aromatic rings. The van der Waals surface area contributed by atoms with E-state index < -0.39 is 5.60 Å². The molecule has 6 rings (SSSR count). The molecular weight excluding hydrogens is 692 g/mol. The van der Waals surface area contributed by atoms with Crippen LogP contribution in [-0.4, -0.2) is 7.11 Å². The van der Waals surface area contributed by atoms with Crippen LogP contribution in [0.15, 0.2) is 87.8 Å². The van der Waals surface area contributed by atoms with Crippen molar-refractivity contribution in [3.8, 4) is 22.3 Å². The number of ether oxygens (including phenoxy) is 1. The molecule has 0 radical (unpaired) electrons. The highest BCUT2D eigenvalue weighted by Crippen LogP contribution is 2.58. The van der Waals surface area contributed by atoms with Crippen LogP contribution in [0.4, 0.5) is 0 Å². The minimum atomic E-state index is -0.686. The predicted octanol–water partition coefficient (Wildman–Crippen LogP) is 13.9. The number of unbranched alkanes of at least 4 members (excludes halogenated alkanes) is 10. The summed E-state index contributed by atoms with van der Waals surface area (Å²) in [5.74, 6) is 0. The van der Waals surface area contributed by atoms with Crippen LogP contribution in [0.3, 0.4) is 0 Å². The molecule has 0 aliphatic heterocycles. The first-order valence-electron chi connectivity index (χ1n) is 17.9. The van der Waals surface area contributed by atoms with Gasteiger partial charge in [-0.2, -0.15) is 0 Å². The summed E-state index contributed by atoms with van der Waals surface area (Å²) in [6, 6.07) is 30.0. The van der Waals surface area contributed by atoms with Gasteiger partial charge in [0.25, 0.3) is 0 Å². The van der Waals surface area contributed by atoms with Crippen LogP contribution in [0.2, 0.25) is 0 Å². The molecular formula is C43H50Br2O. The lowest BCUT2D eigenvalue weighted by Gasteiger charge is -2.36. The summed E-state index contributed by atoms with van der Waals surface area (Å²) in [5.41, 5.74) is 11.4. The zero-order valence-electron chi connectivity index (χ0n) is 28.1. The fraction of sp³-hybridized carbons (Fsp3) is 0.442. The quantitative estimate of drug-likeness (QED) is 0.104. The Labute approximate surface area is 294 Å². The largest absolute Gasteiger partial charge is 0.364 e. The van der Waals surface area contributed by atoms with Gasteiger partial charge in [0.15, 0.2) is 0 Å². The average molecular weight is 743 g/mol. The van der Waals surface area contributed by atoms with Crippen LogP contribution in [-0.2, 0) is 15.8 Å². The molecule has 242 valence electrons. The van der Waals surface area contributed by atoms with Crippen LogP contribution in [0, 0.1) is 0 Å². The highest BCUT2D eigenvalue weighted by Gasteiger charge is 2.48. The van der Waals surface area contributed by atoms with E-state index in [0.29, 0.717) is 0 Å². The Morgan fingerprint density at radius 2 is 0.978 bits per heavy atom. The molecule has 0 heterocycles. The number of hydrogen-bond donors (Lipinski definition) is 0. The van der Waals surface area contributed by atoms with Gasteiger partial charge in [0.05, 0.1) is 0 Å². The third kappa shape index (κ3) is 6.10. The van der Waals surface area contributed by atoms with Crippen LogP contribution in [0.25, 0.3) is 22.3 Å². The van der Waals surface area contributed by atoms with Crippen molar-refractivity contribution in [1.29, 1.82) is 0 Å². The van der Waals surface area contributed by atoms with Gasteiger partial charge in [-0.25, -0.2) is 0 Å². The van der Waals surface area contributed by atoms with E-state index in [0.717, 1.165) is 8.95 Å². The van der Waals surface area contributed by atoms with E-state index >= 15 is 0 Å². The fourth-order valence-corrected chi connectivity index (χ4v) is 9.35. The van der Waals surface area contributed by atoms with Crippen molar-refractivity contribution >= 4 is 31.9 Å². The maximum Gasteiger partial charge on any atom is 0.144 e. The summed E-state index contributed by atoms with van der Waals surface area (Å²) in [4.78, 5) is 0. The monoisotopic (exact) mass is 740 g/mol. The van der Waals surface area contributed by atoms with Crippen molar-refractivity contribution in [2.75, 3.05) is 7.11 Å². The van der Waals surface area contributed by atoms with Crippen LogP contribution in [0.5, 0.6) is 0 Å². The molecule has 4 aromatic carbocycles. The predicted molar refractivity (Wildman–Crippen MR) is 203 cm³/mol. The first kappa shape index (κ1) is 33.7. The number of methoxy groups -OCH3 is 1. The van der Waals surface area contributed by atoms with E-state index in [1.165, 1.54) is 134 Å². The third-order valence-electron chi connectivity index (χ3n) is 10.9. The van der Waals surface area contributed by atoms with Crippen LogP contribution < -0.4 is 0 Å². The molecule has 0 bridgehead atoms. The van der Waals surface area contributed by atoms with Gasteiger partial charge in [-0.15, -0.1) is 0 Å². The minimum absolute atomic E-state index is 0.0329. The summed E-state index contributed by atoms with van der Waals surface area (Å²) in [7, 11) is 1.89. The Balaban J connectivity index is 1.47. The van der Waals surface area contributed by atoms with Crippen molar-refractivity contribution in [2.24, 2.45) is 0 Å². The molecule has 0 unspecified atom stereocenters. The topological polar surface area (TPSA) is 9.23 Å². The van der Waals surface area contributed by atoms with Gasteiger partial charge in [0.1, 0.15) is 5.60 Å². The Hall–Kier alpha value is -2.20. The normalized spacial score (nSPS) is 15.0. The number of rotatable bonds is 16. The van der Waals surface area contributed by atoms with Crippen molar-refractivity contribution in [3.05, 3.63) is 116 Å². The Kier molecular flexibility index (Phi) is 10.9. The molecule has 0 aromatic heterocycles. The number of hydrogen-bond acceptors (Lipinski definition) is 1. The lowest BCUT2D eigenvalue weighted by molar-refractivity contribution is 0.0622. The van der Waals surface area contributed by atoms with Gasteiger partial charge in [-0.3, -0.25) is 0 Å². The van der Waals surface area contributed by atoms with Crippen molar-refractivity contribution in [1.82, 2.24) is 0 Å². The summed E-state index contributed by atoms with van der Waals surface area (Å²) >= 11 is 7.60. The molecule has 0 spiro atoms. The molecule has 3 heteroatoms. The lowest BCUT2D eigenvalue weighted by atomic mass is 9.69. The summed E-state index contributed by atoms with van der Waals surface area (Å²) in [5, 5.41) is 0. The summed E-state index contributed by atoms with van der Waals surface area (Å²) < 4.78 is 8.94. The van der Waals surface area contributed by atoms with E-state index in [2.05, 4.69) is 125 Å². The van der Waals surface area contributed by atoms with Crippen LogP contribution in [0.1, 0.15) is 132 Å². The Bertz CT molecular complexity index is 1590. The van der Waals surface area contributed by atoms with E-state index in [4.69, 9.17) is 4.74 Å².